The van der Waals surface area contributed by atoms with Gasteiger partial charge in [0.25, 0.3) is 0 Å². The first-order chi connectivity index (χ1) is 10.9. The molecule has 3 rings (SSSR count). The third-order valence-corrected chi connectivity index (χ3v) is 4.91. The fourth-order valence-corrected chi connectivity index (χ4v) is 3.68. The van der Waals surface area contributed by atoms with Crippen molar-refractivity contribution in [3.63, 3.8) is 0 Å². The Bertz CT molecular complexity index is 815. The van der Waals surface area contributed by atoms with Gasteiger partial charge in [-0.2, -0.15) is 0 Å². The van der Waals surface area contributed by atoms with Crippen molar-refractivity contribution in [3.05, 3.63) is 71.3 Å². The van der Waals surface area contributed by atoms with Gasteiger partial charge in [0.15, 0.2) is 9.84 Å². The Labute approximate surface area is 136 Å². The third-order valence-electron chi connectivity index (χ3n) is 4.14. The highest BCUT2D eigenvalue weighted by Gasteiger charge is 2.31. The fraction of sp³-hybridized carbons (Fsp3) is 0.278. The number of carbonyl (C=O) groups is 1. The predicted octanol–water partition coefficient (Wildman–Crippen LogP) is 2.36. The minimum Gasteiger partial charge on any atom is -0.330 e. The molecule has 0 aromatic heterocycles. The molecular weight excluding hydrogens is 310 g/mol. The maximum Gasteiger partial charge on any atom is 0.238 e. The molecule has 4 nitrogen and oxygen atoms in total. The van der Waals surface area contributed by atoms with Crippen LogP contribution >= 0.6 is 0 Å². The second-order valence-corrected chi connectivity index (χ2v) is 8.13. The lowest BCUT2D eigenvalue weighted by molar-refractivity contribution is -0.132. The zero-order valence-electron chi connectivity index (χ0n) is 13.0. The van der Waals surface area contributed by atoms with E-state index in [9.17, 15) is 13.2 Å². The maximum atomic E-state index is 12.6. The number of sulfone groups is 1. The van der Waals surface area contributed by atoms with Crippen molar-refractivity contribution >= 4 is 15.7 Å². The average molecular weight is 329 g/mol. The molecule has 0 bridgehead atoms. The summed E-state index contributed by atoms with van der Waals surface area (Å²) in [5.74, 6) is -0.783. The third kappa shape index (κ3) is 3.62. The molecular formula is C18H19NO3S. The van der Waals surface area contributed by atoms with Gasteiger partial charge in [0.2, 0.25) is 5.91 Å². The highest BCUT2D eigenvalue weighted by Crippen LogP contribution is 2.33. The molecule has 120 valence electrons. The first-order valence-corrected chi connectivity index (χ1v) is 9.59. The molecule has 1 unspecified atom stereocenters. The molecule has 1 amide bonds. The number of carbonyl (C=O) groups excluding carboxylic acids is 1. The van der Waals surface area contributed by atoms with Gasteiger partial charge < -0.3 is 4.90 Å². The number of fused-ring (bicyclic) bond motifs is 1. The van der Waals surface area contributed by atoms with Gasteiger partial charge in [0.05, 0.1) is 6.04 Å². The van der Waals surface area contributed by atoms with Crippen molar-refractivity contribution in [3.8, 4) is 0 Å². The first-order valence-electron chi connectivity index (χ1n) is 7.53. The van der Waals surface area contributed by atoms with E-state index in [0.717, 1.165) is 17.4 Å². The molecule has 5 heteroatoms. The van der Waals surface area contributed by atoms with E-state index in [-0.39, 0.29) is 11.9 Å². The van der Waals surface area contributed by atoms with Crippen molar-refractivity contribution in [1.29, 1.82) is 0 Å². The number of benzene rings is 2. The molecule has 0 radical (unpaired) electrons. The van der Waals surface area contributed by atoms with Gasteiger partial charge >= 0.3 is 0 Å². The van der Waals surface area contributed by atoms with Crippen molar-refractivity contribution < 1.29 is 13.2 Å². The van der Waals surface area contributed by atoms with Gasteiger partial charge in [-0.05, 0) is 23.1 Å². The van der Waals surface area contributed by atoms with Crippen LogP contribution in [-0.4, -0.2) is 31.2 Å². The number of hydrogen-bond acceptors (Lipinski definition) is 3. The highest BCUT2D eigenvalue weighted by atomic mass is 32.2. The van der Waals surface area contributed by atoms with Crippen LogP contribution in [0.3, 0.4) is 0 Å². The second kappa shape index (κ2) is 6.16. The number of rotatable bonds is 3. The number of amides is 1. The van der Waals surface area contributed by atoms with Crippen molar-refractivity contribution in [1.82, 2.24) is 4.90 Å². The molecule has 0 fully saturated rings. The van der Waals surface area contributed by atoms with Gasteiger partial charge in [-0.15, -0.1) is 0 Å². The standard InChI is InChI=1S/C18H19NO3S/c1-23(21,22)13-18(20)19-12-16-10-6-5-9-15(16)11-17(19)14-7-3-2-4-8-14/h2-10,17H,11-13H2,1H3. The Kier molecular flexibility index (Phi) is 4.22. The largest absolute Gasteiger partial charge is 0.330 e. The lowest BCUT2D eigenvalue weighted by atomic mass is 9.90. The first kappa shape index (κ1) is 15.7. The van der Waals surface area contributed by atoms with Crippen LogP contribution in [0.4, 0.5) is 0 Å². The van der Waals surface area contributed by atoms with Crippen molar-refractivity contribution in [2.75, 3.05) is 12.0 Å². The molecule has 2 aromatic carbocycles. The molecule has 1 heterocycles. The summed E-state index contributed by atoms with van der Waals surface area (Å²) in [4.78, 5) is 14.2. The van der Waals surface area contributed by atoms with E-state index in [1.54, 1.807) is 4.90 Å². The maximum absolute atomic E-state index is 12.6. The van der Waals surface area contributed by atoms with Crippen molar-refractivity contribution in [2.24, 2.45) is 0 Å². The SMILES string of the molecule is CS(=O)(=O)CC(=O)N1Cc2ccccc2CC1c1ccccc1. The summed E-state index contributed by atoms with van der Waals surface area (Å²) in [5, 5.41) is 0. The average Bonchev–Trinajstić information content (AvgIpc) is 2.53. The lowest BCUT2D eigenvalue weighted by Gasteiger charge is -2.37. The van der Waals surface area contributed by atoms with E-state index >= 15 is 0 Å². The van der Waals surface area contributed by atoms with Crippen LogP contribution < -0.4 is 0 Å². The number of nitrogens with zero attached hydrogens (tertiary/aromatic N) is 1. The van der Waals surface area contributed by atoms with Crippen LogP contribution in [-0.2, 0) is 27.6 Å². The topological polar surface area (TPSA) is 54.5 Å². The molecule has 1 aliphatic heterocycles. The smallest absolute Gasteiger partial charge is 0.238 e. The Morgan fingerprint density at radius 3 is 2.30 bits per heavy atom. The summed E-state index contributed by atoms with van der Waals surface area (Å²) in [6.07, 6.45) is 1.80. The molecule has 1 atom stereocenters. The van der Waals surface area contributed by atoms with Crippen molar-refractivity contribution in [2.45, 2.75) is 19.0 Å². The summed E-state index contributed by atoms with van der Waals surface area (Å²) in [6, 6.07) is 17.7. The van der Waals surface area contributed by atoms with Crippen LogP contribution in [0.1, 0.15) is 22.7 Å². The summed E-state index contributed by atoms with van der Waals surface area (Å²) < 4.78 is 23.1. The summed E-state index contributed by atoms with van der Waals surface area (Å²) >= 11 is 0. The van der Waals surface area contributed by atoms with E-state index in [4.69, 9.17) is 0 Å². The monoisotopic (exact) mass is 329 g/mol. The van der Waals surface area contributed by atoms with Gasteiger partial charge in [0, 0.05) is 12.8 Å². The predicted molar refractivity (Wildman–Crippen MR) is 89.6 cm³/mol. The van der Waals surface area contributed by atoms with E-state index < -0.39 is 15.6 Å². The van der Waals surface area contributed by atoms with Crippen LogP contribution in [0.5, 0.6) is 0 Å². The lowest BCUT2D eigenvalue weighted by Crippen LogP contribution is -2.41. The normalized spacial score (nSPS) is 17.6. The van der Waals surface area contributed by atoms with Gasteiger partial charge in [-0.25, -0.2) is 8.42 Å². The highest BCUT2D eigenvalue weighted by molar-refractivity contribution is 7.91. The minimum atomic E-state index is -3.35. The number of hydrogen-bond donors (Lipinski definition) is 0. The molecule has 0 N–H and O–H groups in total. The Morgan fingerprint density at radius 2 is 1.65 bits per heavy atom. The Hall–Kier alpha value is -2.14. The molecule has 0 aliphatic carbocycles. The van der Waals surface area contributed by atoms with E-state index in [1.165, 1.54) is 5.56 Å². The van der Waals surface area contributed by atoms with Crippen LogP contribution in [0, 0.1) is 0 Å². The Morgan fingerprint density at radius 1 is 1.04 bits per heavy atom. The summed E-state index contributed by atoms with van der Waals surface area (Å²) in [6.45, 7) is 0.448. The fourth-order valence-electron chi connectivity index (χ4n) is 3.07. The quantitative estimate of drug-likeness (QED) is 0.868. The van der Waals surface area contributed by atoms with E-state index in [0.29, 0.717) is 13.0 Å². The summed E-state index contributed by atoms with van der Waals surface area (Å²) in [5.41, 5.74) is 3.33. The summed E-state index contributed by atoms with van der Waals surface area (Å²) in [7, 11) is -3.35. The van der Waals surface area contributed by atoms with Gasteiger partial charge in [-0.1, -0.05) is 54.6 Å². The molecule has 23 heavy (non-hydrogen) atoms. The minimum absolute atomic E-state index is 0.125. The van der Waals surface area contributed by atoms with Gasteiger partial charge in [0.1, 0.15) is 5.75 Å². The zero-order chi connectivity index (χ0) is 16.4. The van der Waals surface area contributed by atoms with Crippen LogP contribution in [0.15, 0.2) is 54.6 Å². The van der Waals surface area contributed by atoms with Crippen LogP contribution in [0.2, 0.25) is 0 Å². The van der Waals surface area contributed by atoms with E-state index in [1.807, 2.05) is 48.5 Å². The molecule has 0 spiro atoms. The van der Waals surface area contributed by atoms with Crippen LogP contribution in [0.25, 0.3) is 0 Å². The van der Waals surface area contributed by atoms with E-state index in [2.05, 4.69) is 6.07 Å². The Balaban J connectivity index is 1.98. The zero-order valence-corrected chi connectivity index (χ0v) is 13.8. The molecule has 2 aromatic rings. The molecule has 0 saturated carbocycles. The molecule has 0 saturated heterocycles. The second-order valence-electron chi connectivity index (χ2n) is 5.99. The molecule has 1 aliphatic rings. The van der Waals surface area contributed by atoms with Gasteiger partial charge in [-0.3, -0.25) is 4.79 Å².